The van der Waals surface area contributed by atoms with Gasteiger partial charge in [-0.3, -0.25) is 0 Å². The second-order valence-corrected chi connectivity index (χ2v) is 23.7. The number of fused-ring (bicyclic) bond motifs is 7. The average molecular weight is 943 g/mol. The minimum absolute atomic E-state index is 0.150. The summed E-state index contributed by atoms with van der Waals surface area (Å²) in [4.78, 5) is 0. The van der Waals surface area contributed by atoms with Gasteiger partial charge in [-0.15, -0.1) is 0 Å². The van der Waals surface area contributed by atoms with Gasteiger partial charge in [0, 0.05) is 12.0 Å². The highest BCUT2D eigenvalue weighted by Gasteiger charge is 2.74. The van der Waals surface area contributed by atoms with E-state index >= 15 is 0 Å². The van der Waals surface area contributed by atoms with Gasteiger partial charge in [0.2, 0.25) is 0 Å². The maximum Gasteiger partial charge on any atom is 0.187 e. The third-order valence-corrected chi connectivity index (χ3v) is 19.3. The number of rotatable bonds is 10. The topological polar surface area (TPSA) is 267 Å². The van der Waals surface area contributed by atoms with Crippen LogP contribution >= 0.6 is 0 Å². The Morgan fingerprint density at radius 3 is 1.97 bits per heavy atom. The molecule has 4 saturated carbocycles. The molecule has 0 amide bonds. The van der Waals surface area contributed by atoms with E-state index in [1.807, 2.05) is 0 Å². The third-order valence-electron chi connectivity index (χ3n) is 19.3. The van der Waals surface area contributed by atoms with E-state index in [-0.39, 0.29) is 45.3 Å². The molecular formula is C49H82O17. The third kappa shape index (κ3) is 8.02. The Balaban J connectivity index is 1.04. The maximum atomic E-state index is 12.0. The largest absolute Gasteiger partial charge is 0.394 e. The SMILES string of the molecule is CCO[C@]12C=C[C@@H]3[C@@]4(C)CC[C@H](O[C@@H]5O[C@H](CO[C@@H]6O[C@H](CO)[C@@H](O)[C@H](O)[C@H]6O)[C@@H](O[C@@H]6O[C@@H](C)[C@H](O)[C@@H](O)[C@H]6O)[C@H](O)[C@H]5O)C(C)(C)[C@@H]4CC[C@@]3(C)[C@]1(C)C[C@H](O)[C@@H]1CCC(C)(C)C[C@H]12. The molecular weight excluding hydrogens is 861 g/mol. The van der Waals surface area contributed by atoms with Crippen LogP contribution in [0.25, 0.3) is 0 Å². The van der Waals surface area contributed by atoms with E-state index in [2.05, 4.69) is 67.5 Å². The molecule has 10 N–H and O–H groups in total. The highest BCUT2D eigenvalue weighted by molar-refractivity contribution is 5.32. The van der Waals surface area contributed by atoms with Crippen LogP contribution in [0, 0.1) is 50.7 Å². The van der Waals surface area contributed by atoms with E-state index < -0.39 is 129 Å². The molecule has 7 fully saturated rings. The van der Waals surface area contributed by atoms with E-state index in [4.69, 9.17) is 33.2 Å². The number of hydrogen-bond donors (Lipinski definition) is 10. The Bertz CT molecular complexity index is 1730. The molecule has 0 spiro atoms. The summed E-state index contributed by atoms with van der Waals surface area (Å²) in [7, 11) is 0. The summed E-state index contributed by atoms with van der Waals surface area (Å²) >= 11 is 0. The molecule has 0 aromatic carbocycles. The zero-order valence-electron chi connectivity index (χ0n) is 40.4. The summed E-state index contributed by atoms with van der Waals surface area (Å²) in [5.74, 6) is 0.718. The predicted octanol–water partition coefficient (Wildman–Crippen LogP) is 1.26. The van der Waals surface area contributed by atoms with Crippen LogP contribution in [0.1, 0.15) is 114 Å². The van der Waals surface area contributed by atoms with Crippen molar-refractivity contribution < 1.29 is 84.2 Å². The summed E-state index contributed by atoms with van der Waals surface area (Å²) in [5, 5.41) is 109. The Morgan fingerprint density at radius 1 is 0.652 bits per heavy atom. The molecule has 0 radical (unpaired) electrons. The fourth-order valence-electron chi connectivity index (χ4n) is 15.4. The lowest BCUT2D eigenvalue weighted by atomic mass is 9.32. The highest BCUT2D eigenvalue weighted by Crippen LogP contribution is 2.76. The van der Waals surface area contributed by atoms with Crippen molar-refractivity contribution in [2.24, 2.45) is 50.7 Å². The van der Waals surface area contributed by atoms with Crippen LogP contribution in [0.4, 0.5) is 0 Å². The van der Waals surface area contributed by atoms with E-state index in [0.29, 0.717) is 19.4 Å². The molecule has 3 saturated heterocycles. The first kappa shape index (κ1) is 51.4. The molecule has 3 aliphatic heterocycles. The van der Waals surface area contributed by atoms with Crippen molar-refractivity contribution in [2.45, 2.75) is 224 Å². The van der Waals surface area contributed by atoms with E-state index in [9.17, 15) is 51.1 Å². The molecule has 0 aromatic rings. The quantitative estimate of drug-likeness (QED) is 0.109. The molecule has 66 heavy (non-hydrogen) atoms. The lowest BCUT2D eigenvalue weighted by molar-refractivity contribution is -0.374. The number of aliphatic hydroxyl groups excluding tert-OH is 10. The van der Waals surface area contributed by atoms with Crippen molar-refractivity contribution in [1.82, 2.24) is 0 Å². The van der Waals surface area contributed by atoms with Gasteiger partial charge in [0.25, 0.3) is 0 Å². The zero-order chi connectivity index (χ0) is 48.3. The van der Waals surface area contributed by atoms with Crippen LogP contribution < -0.4 is 0 Å². The molecule has 17 heteroatoms. The second kappa shape index (κ2) is 18.3. The molecule has 3 heterocycles. The smallest absolute Gasteiger partial charge is 0.187 e. The number of aliphatic hydroxyl groups is 10. The van der Waals surface area contributed by atoms with Gasteiger partial charge in [0.05, 0.1) is 37.1 Å². The Morgan fingerprint density at radius 2 is 1.29 bits per heavy atom. The van der Waals surface area contributed by atoms with Gasteiger partial charge in [-0.05, 0) is 111 Å². The van der Waals surface area contributed by atoms with Crippen LogP contribution in [-0.2, 0) is 33.2 Å². The number of ether oxygens (including phenoxy) is 7. The van der Waals surface area contributed by atoms with Crippen molar-refractivity contribution in [3.05, 3.63) is 12.2 Å². The molecule has 0 unspecified atom stereocenters. The highest BCUT2D eigenvalue weighted by atomic mass is 16.8. The van der Waals surface area contributed by atoms with Crippen molar-refractivity contribution >= 4 is 0 Å². The number of allylic oxidation sites excluding steroid dienone is 1. The van der Waals surface area contributed by atoms with Gasteiger partial charge < -0.3 is 84.2 Å². The summed E-state index contributed by atoms with van der Waals surface area (Å²) < 4.78 is 43.5. The minimum Gasteiger partial charge on any atom is -0.394 e. The molecule has 0 aromatic heterocycles. The van der Waals surface area contributed by atoms with Crippen molar-refractivity contribution in [2.75, 3.05) is 19.8 Å². The maximum absolute atomic E-state index is 12.0. The Labute approximate surface area is 389 Å². The fraction of sp³-hybridized carbons (Fsp3) is 0.959. The first-order chi connectivity index (χ1) is 30.8. The van der Waals surface area contributed by atoms with Gasteiger partial charge in [0.15, 0.2) is 18.9 Å². The van der Waals surface area contributed by atoms with E-state index in [1.54, 1.807) is 0 Å². The molecule has 5 aliphatic carbocycles. The van der Waals surface area contributed by atoms with Gasteiger partial charge in [-0.25, -0.2) is 0 Å². The first-order valence-corrected chi connectivity index (χ1v) is 24.8. The van der Waals surface area contributed by atoms with Crippen molar-refractivity contribution in [1.29, 1.82) is 0 Å². The zero-order valence-corrected chi connectivity index (χ0v) is 40.4. The van der Waals surface area contributed by atoms with Crippen molar-refractivity contribution in [3.8, 4) is 0 Å². The van der Waals surface area contributed by atoms with Crippen LogP contribution in [0.3, 0.4) is 0 Å². The second-order valence-electron chi connectivity index (χ2n) is 23.7. The molecule has 0 bridgehead atoms. The first-order valence-electron chi connectivity index (χ1n) is 24.8. The van der Waals surface area contributed by atoms with Crippen molar-refractivity contribution in [3.63, 3.8) is 0 Å². The van der Waals surface area contributed by atoms with Gasteiger partial charge in [-0.1, -0.05) is 60.6 Å². The molecule has 25 atom stereocenters. The van der Waals surface area contributed by atoms with Gasteiger partial charge >= 0.3 is 0 Å². The summed E-state index contributed by atoms with van der Waals surface area (Å²) in [6.45, 7) is 19.3. The van der Waals surface area contributed by atoms with Crippen LogP contribution in [0.15, 0.2) is 12.2 Å². The summed E-state index contributed by atoms with van der Waals surface area (Å²) in [6.07, 6.45) is -12.0. The lowest BCUT2D eigenvalue weighted by Crippen LogP contribution is -2.73. The molecule has 8 aliphatic rings. The van der Waals surface area contributed by atoms with Crippen LogP contribution in [0.5, 0.6) is 0 Å². The van der Waals surface area contributed by atoms with Gasteiger partial charge in [0.1, 0.15) is 67.1 Å². The molecule has 17 nitrogen and oxygen atoms in total. The Hall–Kier alpha value is -0.940. The standard InChI is InChI=1S/C49H82O17/c1-10-61-49-18-13-30-46(7)16-14-31(45(5,6)29(46)12-17-47(30,8)48(49,9)20-26(51)24-11-15-44(3,4)19-25(24)49)65-43-39(59)36(56)40(66-42-38(58)34(54)32(52)23(2)62-42)28(64-43)22-60-41-37(57)35(55)33(53)27(21-50)63-41/h13,18,23-43,50-59H,10-12,14-17,19-22H2,1-9H3/t23-,24+,25+,26-,27+,28+,29-,30+,31-,32-,33+,34+,35-,36+,37+,38+,39+,40+,41+,42-,43-,46-,47+,48-,49-/m0/s1. The number of hydrogen-bond acceptors (Lipinski definition) is 17. The normalized spacial score (nSPS) is 55.5. The predicted molar refractivity (Wildman–Crippen MR) is 235 cm³/mol. The van der Waals surface area contributed by atoms with E-state index in [0.717, 1.165) is 38.5 Å². The van der Waals surface area contributed by atoms with Crippen LogP contribution in [0.2, 0.25) is 0 Å². The summed E-state index contributed by atoms with van der Waals surface area (Å²) in [6, 6.07) is 0. The lowest BCUT2D eigenvalue weighted by Gasteiger charge is -2.74. The van der Waals surface area contributed by atoms with Gasteiger partial charge in [-0.2, -0.15) is 0 Å². The molecule has 380 valence electrons. The fourth-order valence-corrected chi connectivity index (χ4v) is 15.4. The van der Waals surface area contributed by atoms with E-state index in [1.165, 1.54) is 6.92 Å². The Kier molecular flexibility index (Phi) is 14.2. The molecule has 8 rings (SSSR count). The average Bonchev–Trinajstić information content (AvgIpc) is 3.25. The minimum atomic E-state index is -1.76. The monoisotopic (exact) mass is 943 g/mol. The van der Waals surface area contributed by atoms with Crippen LogP contribution in [-0.4, -0.2) is 181 Å². The summed E-state index contributed by atoms with van der Waals surface area (Å²) in [5.41, 5.74) is -1.55.